The molecule has 0 N–H and O–H groups in total. The number of rotatable bonds is 6. The van der Waals surface area contributed by atoms with Gasteiger partial charge in [0.15, 0.2) is 7.14 Å². The third-order valence-electron chi connectivity index (χ3n) is 13.9. The van der Waals surface area contributed by atoms with E-state index in [1.165, 1.54) is 32.9 Å². The third kappa shape index (κ3) is 5.40. The molecule has 4 heteroatoms. The lowest BCUT2D eigenvalue weighted by atomic mass is 9.62. The average molecular weight is 849 g/mol. The first kappa shape index (κ1) is 37.6. The molecule has 0 amide bonds. The van der Waals surface area contributed by atoms with Gasteiger partial charge in [0.1, 0.15) is 0 Å². The van der Waals surface area contributed by atoms with E-state index in [-0.39, 0.29) is 0 Å². The molecule has 0 fully saturated rings. The van der Waals surface area contributed by atoms with Crippen molar-refractivity contribution >= 4 is 61.9 Å². The quantitative estimate of drug-likeness (QED) is 0.156. The Morgan fingerprint density at radius 3 is 1.57 bits per heavy atom. The summed E-state index contributed by atoms with van der Waals surface area (Å²) in [5.74, 6) is 0. The van der Waals surface area contributed by atoms with Gasteiger partial charge < -0.3 is 14.0 Å². The molecule has 3 heterocycles. The van der Waals surface area contributed by atoms with E-state index < -0.39 is 12.6 Å². The van der Waals surface area contributed by atoms with Crippen molar-refractivity contribution in [3.8, 4) is 27.9 Å². The van der Waals surface area contributed by atoms with Crippen molar-refractivity contribution in [3.05, 3.63) is 271 Å². The van der Waals surface area contributed by atoms with E-state index in [0.29, 0.717) is 0 Å². The van der Waals surface area contributed by atoms with Crippen LogP contribution in [0.3, 0.4) is 0 Å². The van der Waals surface area contributed by atoms with E-state index >= 15 is 4.57 Å². The van der Waals surface area contributed by atoms with Crippen molar-refractivity contribution in [1.82, 2.24) is 4.57 Å². The van der Waals surface area contributed by atoms with Crippen LogP contribution in [0.25, 0.3) is 49.7 Å². The lowest BCUT2D eigenvalue weighted by Crippen LogP contribution is -2.48. The number of benzene rings is 10. The number of hydrogen-bond donors (Lipinski definition) is 0. The fourth-order valence-electron chi connectivity index (χ4n) is 11.1. The van der Waals surface area contributed by atoms with Crippen LogP contribution in [0, 0.1) is 0 Å². The van der Waals surface area contributed by atoms with Crippen LogP contribution in [0.2, 0.25) is 0 Å². The summed E-state index contributed by atoms with van der Waals surface area (Å²) in [5, 5.41) is 5.07. The van der Waals surface area contributed by atoms with E-state index in [0.717, 1.165) is 72.0 Å². The minimum atomic E-state index is -3.36. The first-order chi connectivity index (χ1) is 32.1. The topological polar surface area (TPSA) is 25.2 Å². The van der Waals surface area contributed by atoms with Crippen molar-refractivity contribution in [3.63, 3.8) is 0 Å². The minimum absolute atomic E-state index is 0.764. The van der Waals surface area contributed by atoms with Gasteiger partial charge in [-0.1, -0.05) is 188 Å². The van der Waals surface area contributed by atoms with Crippen molar-refractivity contribution in [1.29, 1.82) is 0 Å². The molecule has 0 saturated heterocycles. The maximum absolute atomic E-state index is 16.5. The van der Waals surface area contributed by atoms with Gasteiger partial charge in [0.25, 0.3) is 0 Å². The molecule has 0 bridgehead atoms. The van der Waals surface area contributed by atoms with Crippen LogP contribution in [0.5, 0.6) is 0 Å². The molecule has 11 aromatic rings. The van der Waals surface area contributed by atoms with Crippen LogP contribution in [0.1, 0.15) is 22.3 Å². The molecule has 13 rings (SSSR count). The summed E-state index contributed by atoms with van der Waals surface area (Å²) >= 11 is 0. The highest BCUT2D eigenvalue weighted by molar-refractivity contribution is 7.85. The molecule has 1 aromatic heterocycles. The van der Waals surface area contributed by atoms with Gasteiger partial charge in [-0.25, -0.2) is 0 Å². The number of para-hydroxylation sites is 5. The molecule has 10 aromatic carbocycles. The molecule has 0 aliphatic carbocycles. The molecule has 2 atom stereocenters. The van der Waals surface area contributed by atoms with Gasteiger partial charge in [0, 0.05) is 43.7 Å². The van der Waals surface area contributed by atoms with Crippen LogP contribution in [0.15, 0.2) is 249 Å². The maximum Gasteiger partial charge on any atom is 0.171 e. The van der Waals surface area contributed by atoms with Gasteiger partial charge in [0.2, 0.25) is 0 Å². The molecule has 1 spiro atoms. The molecular formula is C61H41N2OP. The number of fused-ring (bicyclic) bond motifs is 11. The van der Waals surface area contributed by atoms with E-state index in [9.17, 15) is 0 Å². The molecule has 2 aliphatic rings. The summed E-state index contributed by atoms with van der Waals surface area (Å²) in [4.78, 5) is 2.29. The Hall–Kier alpha value is -7.97. The summed E-state index contributed by atoms with van der Waals surface area (Å²) in [6.45, 7) is 0. The van der Waals surface area contributed by atoms with E-state index in [4.69, 9.17) is 0 Å². The molecule has 0 saturated carbocycles. The highest BCUT2D eigenvalue weighted by Crippen LogP contribution is 2.61. The summed E-state index contributed by atoms with van der Waals surface area (Å²) in [7, 11) is -3.36. The lowest BCUT2D eigenvalue weighted by molar-refractivity contribution is 0.590. The van der Waals surface area contributed by atoms with Gasteiger partial charge in [-0.2, -0.15) is 0 Å². The predicted molar refractivity (Wildman–Crippen MR) is 271 cm³/mol. The summed E-state index contributed by atoms with van der Waals surface area (Å²) < 4.78 is 19.0. The second-order valence-electron chi connectivity index (χ2n) is 17.1. The Balaban J connectivity index is 0.995. The van der Waals surface area contributed by atoms with Crippen molar-refractivity contribution in [2.75, 3.05) is 4.90 Å². The van der Waals surface area contributed by atoms with Crippen LogP contribution in [-0.2, 0) is 9.98 Å². The van der Waals surface area contributed by atoms with Gasteiger partial charge in [0.05, 0.1) is 22.1 Å². The van der Waals surface area contributed by atoms with Crippen LogP contribution >= 0.6 is 7.14 Å². The molecule has 0 radical (unpaired) electrons. The van der Waals surface area contributed by atoms with E-state index in [2.05, 4.69) is 228 Å². The van der Waals surface area contributed by atoms with Crippen LogP contribution in [0.4, 0.5) is 17.1 Å². The first-order valence-electron chi connectivity index (χ1n) is 22.3. The minimum Gasteiger partial charge on any atom is -0.311 e. The van der Waals surface area contributed by atoms with Crippen molar-refractivity contribution in [2.24, 2.45) is 0 Å². The van der Waals surface area contributed by atoms with Gasteiger partial charge in [-0.05, 0) is 105 Å². The second kappa shape index (κ2) is 14.5. The lowest BCUT2D eigenvalue weighted by Gasteiger charge is -2.47. The standard InChI is InChI=1S/C61H41N2OP/c64-65(49-21-8-3-9-22-49)58-30-15-12-26-53(58)61(52-25-11-14-29-57(52)63-56-28-13-10-23-50(56)51-24-16-27-54(61)60(51)63)55-41-45(37-40-59(55)65)44-33-31-42(32-34-44)43-35-38-48(39-36-43)62(46-17-4-1-5-18-46)47-19-6-2-7-20-47/h1-41H. The Bertz CT molecular complexity index is 3630. The molecule has 306 valence electrons. The zero-order valence-electron chi connectivity index (χ0n) is 35.4. The highest BCUT2D eigenvalue weighted by Gasteiger charge is 2.54. The predicted octanol–water partition coefficient (Wildman–Crippen LogP) is 14.2. The highest BCUT2D eigenvalue weighted by atomic mass is 31.2. The summed E-state index contributed by atoms with van der Waals surface area (Å²) in [5.41, 5.74) is 15.1. The third-order valence-corrected chi connectivity index (χ3v) is 17.0. The first-order valence-corrected chi connectivity index (χ1v) is 24.0. The fraction of sp³-hybridized carbons (Fsp3) is 0.0164. The van der Waals surface area contributed by atoms with E-state index in [1.54, 1.807) is 0 Å². The summed E-state index contributed by atoms with van der Waals surface area (Å²) in [6, 6.07) is 88.7. The molecular weight excluding hydrogens is 808 g/mol. The zero-order chi connectivity index (χ0) is 43.1. The Morgan fingerprint density at radius 2 is 0.862 bits per heavy atom. The number of anilines is 3. The van der Waals surface area contributed by atoms with Gasteiger partial charge in [-0.15, -0.1) is 0 Å². The zero-order valence-corrected chi connectivity index (χ0v) is 36.3. The van der Waals surface area contributed by atoms with Crippen molar-refractivity contribution in [2.45, 2.75) is 5.41 Å². The molecule has 2 unspecified atom stereocenters. The van der Waals surface area contributed by atoms with E-state index in [1.807, 2.05) is 30.3 Å². The van der Waals surface area contributed by atoms with Crippen LogP contribution < -0.4 is 20.8 Å². The second-order valence-corrected chi connectivity index (χ2v) is 19.8. The number of hydrogen-bond acceptors (Lipinski definition) is 2. The Kier molecular flexibility index (Phi) is 8.40. The normalized spacial score (nSPS) is 16.8. The van der Waals surface area contributed by atoms with Gasteiger partial charge >= 0.3 is 0 Å². The van der Waals surface area contributed by atoms with Crippen LogP contribution in [-0.4, -0.2) is 4.57 Å². The molecule has 3 nitrogen and oxygen atoms in total. The maximum atomic E-state index is 16.5. The SMILES string of the molecule is O=P1(c2ccccc2)c2ccccc2C2(c3ccccc3-n3c4ccccc4c4cccc2c43)c2cc(-c3ccc(-c4ccc(N(c5ccccc5)c5ccccc5)cc4)cc3)ccc21. The fourth-order valence-corrected chi connectivity index (χ4v) is 14.2. The Morgan fingerprint density at radius 1 is 0.369 bits per heavy atom. The summed E-state index contributed by atoms with van der Waals surface area (Å²) in [6.07, 6.45) is 0. The molecule has 2 aliphatic heterocycles. The van der Waals surface area contributed by atoms with Crippen molar-refractivity contribution < 1.29 is 4.57 Å². The number of aromatic nitrogens is 1. The average Bonchev–Trinajstić information content (AvgIpc) is 3.73. The number of nitrogens with zero attached hydrogens (tertiary/aromatic N) is 2. The molecule has 65 heavy (non-hydrogen) atoms. The monoisotopic (exact) mass is 848 g/mol. The smallest absolute Gasteiger partial charge is 0.171 e. The largest absolute Gasteiger partial charge is 0.311 e. The Labute approximate surface area is 378 Å². The van der Waals surface area contributed by atoms with Gasteiger partial charge in [-0.3, -0.25) is 0 Å².